The molecule has 2 aromatic heterocycles. The normalized spacial score (nSPS) is 11.9. The van der Waals surface area contributed by atoms with Gasteiger partial charge in [0, 0.05) is 29.7 Å². The molecule has 0 unspecified atom stereocenters. The third-order valence-electron chi connectivity index (χ3n) is 4.47. The summed E-state index contributed by atoms with van der Waals surface area (Å²) in [6.45, 7) is 5.82. The summed E-state index contributed by atoms with van der Waals surface area (Å²) in [6.07, 6.45) is -3.17. The molecule has 0 aliphatic heterocycles. The topological polar surface area (TPSA) is 110 Å². The Hall–Kier alpha value is -3.12. The number of halogens is 5. The summed E-state index contributed by atoms with van der Waals surface area (Å²) in [5.74, 6) is 0.0904. The highest BCUT2D eigenvalue weighted by Crippen LogP contribution is 2.32. The number of rotatable bonds is 9. The first-order valence-electron chi connectivity index (χ1n) is 10.7. The van der Waals surface area contributed by atoms with E-state index in [4.69, 9.17) is 32.7 Å². The maximum atomic E-state index is 12.5. The Morgan fingerprint density at radius 2 is 1.89 bits per heavy atom. The molecule has 0 bridgehead atoms. The highest BCUT2D eigenvalue weighted by Gasteiger charge is 2.31. The maximum Gasteiger partial charge on any atom is 0.573 e. The highest BCUT2D eigenvalue weighted by molar-refractivity contribution is 6.33. The molecule has 36 heavy (non-hydrogen) atoms. The molecule has 1 aromatic carbocycles. The molecular weight excluding hydrogens is 526 g/mol. The Kier molecular flexibility index (Phi) is 8.62. The molecule has 9 nitrogen and oxygen atoms in total. The van der Waals surface area contributed by atoms with Crippen molar-refractivity contribution < 1.29 is 32.2 Å². The van der Waals surface area contributed by atoms with Gasteiger partial charge in [-0.05, 0) is 56.5 Å². The lowest BCUT2D eigenvalue weighted by Crippen LogP contribution is -2.34. The van der Waals surface area contributed by atoms with Gasteiger partial charge in [0.25, 0.3) is 0 Å². The summed E-state index contributed by atoms with van der Waals surface area (Å²) in [4.78, 5) is 22.7. The van der Waals surface area contributed by atoms with Gasteiger partial charge in [-0.3, -0.25) is 0 Å². The van der Waals surface area contributed by atoms with Crippen molar-refractivity contribution in [1.82, 2.24) is 20.3 Å². The lowest BCUT2D eigenvalue weighted by molar-refractivity contribution is -0.274. The highest BCUT2D eigenvalue weighted by atomic mass is 35.5. The van der Waals surface area contributed by atoms with E-state index in [1.165, 1.54) is 12.1 Å². The van der Waals surface area contributed by atoms with Crippen LogP contribution >= 0.6 is 23.2 Å². The van der Waals surface area contributed by atoms with E-state index in [0.29, 0.717) is 18.5 Å². The Bertz CT molecular complexity index is 1210. The first-order chi connectivity index (χ1) is 16.8. The van der Waals surface area contributed by atoms with Crippen LogP contribution in [-0.2, 0) is 11.2 Å². The quantitative estimate of drug-likeness (QED) is 0.178. The van der Waals surface area contributed by atoms with Gasteiger partial charge in [0.1, 0.15) is 18.0 Å². The zero-order valence-electron chi connectivity index (χ0n) is 19.6. The van der Waals surface area contributed by atoms with Crippen LogP contribution in [0.5, 0.6) is 11.5 Å². The van der Waals surface area contributed by atoms with E-state index in [1.54, 1.807) is 33.0 Å². The molecule has 3 aromatic rings. The third kappa shape index (κ3) is 8.23. The number of amides is 1. The number of aromatic nitrogens is 3. The molecule has 0 spiro atoms. The Morgan fingerprint density at radius 1 is 1.14 bits per heavy atom. The van der Waals surface area contributed by atoms with Gasteiger partial charge in [-0.15, -0.1) is 13.2 Å². The molecule has 196 valence electrons. The summed E-state index contributed by atoms with van der Waals surface area (Å²) < 4.78 is 52.1. The predicted molar refractivity (Wildman–Crippen MR) is 129 cm³/mol. The van der Waals surface area contributed by atoms with E-state index < -0.39 is 18.1 Å². The first kappa shape index (κ1) is 27.5. The number of anilines is 1. The fourth-order valence-corrected chi connectivity index (χ4v) is 3.59. The Morgan fingerprint density at radius 3 is 2.58 bits per heavy atom. The lowest BCUT2D eigenvalue weighted by Gasteiger charge is -2.19. The number of alkyl halides is 3. The smallest absolute Gasteiger partial charge is 0.485 e. The zero-order valence-corrected chi connectivity index (χ0v) is 21.1. The summed E-state index contributed by atoms with van der Waals surface area (Å²) in [5.41, 5.74) is 0.729. The SMILES string of the molecule is CC(C)(C)OC(=O)NCCOc1c(Cl)nc(Cl)nc1NCCc1c[nH]c2cc(OC(F)(F)F)ccc12. The van der Waals surface area contributed by atoms with Gasteiger partial charge in [0.2, 0.25) is 5.28 Å². The minimum Gasteiger partial charge on any atom is -0.485 e. The molecular formula is C22H24Cl2F3N5O4. The summed E-state index contributed by atoms with van der Waals surface area (Å²) in [5, 5.41) is 6.28. The number of aromatic amines is 1. The van der Waals surface area contributed by atoms with Crippen LogP contribution in [0, 0.1) is 0 Å². The minimum atomic E-state index is -4.77. The molecule has 0 aliphatic carbocycles. The van der Waals surface area contributed by atoms with Crippen LogP contribution in [0.3, 0.4) is 0 Å². The summed E-state index contributed by atoms with van der Waals surface area (Å²) in [7, 11) is 0. The van der Waals surface area contributed by atoms with Gasteiger partial charge in [0.15, 0.2) is 16.7 Å². The first-order valence-corrected chi connectivity index (χ1v) is 11.5. The number of fused-ring (bicyclic) bond motifs is 1. The Balaban J connectivity index is 1.59. The van der Waals surface area contributed by atoms with Gasteiger partial charge >= 0.3 is 12.5 Å². The molecule has 3 rings (SSSR count). The second-order valence-electron chi connectivity index (χ2n) is 8.48. The van der Waals surface area contributed by atoms with E-state index in [2.05, 4.69) is 30.3 Å². The van der Waals surface area contributed by atoms with Crippen molar-refractivity contribution in [2.45, 2.75) is 39.2 Å². The second-order valence-corrected chi connectivity index (χ2v) is 9.18. The monoisotopic (exact) mass is 549 g/mol. The largest absolute Gasteiger partial charge is 0.573 e. The standard InChI is InChI=1S/C22H24Cl2F3N5O4/c1-21(2,3)36-20(33)29-8-9-34-16-17(23)31-19(24)32-18(16)28-7-6-12-11-30-15-10-13(4-5-14(12)15)35-22(25,26)27/h4-5,10-11,30H,6-9H2,1-3H3,(H,29,33)(H,28,31,32). The number of ether oxygens (including phenoxy) is 3. The van der Waals surface area contributed by atoms with E-state index >= 15 is 0 Å². The van der Waals surface area contributed by atoms with E-state index in [0.717, 1.165) is 10.9 Å². The zero-order chi connectivity index (χ0) is 26.5. The fourth-order valence-electron chi connectivity index (χ4n) is 3.15. The van der Waals surface area contributed by atoms with E-state index in [9.17, 15) is 18.0 Å². The van der Waals surface area contributed by atoms with Crippen LogP contribution in [0.15, 0.2) is 24.4 Å². The number of carbonyl (C=O) groups excluding carboxylic acids is 1. The van der Waals surface area contributed by atoms with Crippen molar-refractivity contribution in [3.63, 3.8) is 0 Å². The molecule has 14 heteroatoms. The molecule has 3 N–H and O–H groups in total. The number of nitrogens with one attached hydrogen (secondary N) is 3. The van der Waals surface area contributed by atoms with Crippen LogP contribution in [0.25, 0.3) is 10.9 Å². The van der Waals surface area contributed by atoms with Crippen molar-refractivity contribution in [3.05, 3.63) is 40.4 Å². The third-order valence-corrected chi connectivity index (χ3v) is 4.90. The van der Waals surface area contributed by atoms with Crippen molar-refractivity contribution in [2.75, 3.05) is 25.0 Å². The van der Waals surface area contributed by atoms with Crippen molar-refractivity contribution in [3.8, 4) is 11.5 Å². The van der Waals surface area contributed by atoms with Crippen LogP contribution in [0.1, 0.15) is 26.3 Å². The van der Waals surface area contributed by atoms with Crippen molar-refractivity contribution >= 4 is 46.0 Å². The molecule has 0 fully saturated rings. The predicted octanol–water partition coefficient (Wildman–Crippen LogP) is 5.72. The van der Waals surface area contributed by atoms with Gasteiger partial charge in [-0.1, -0.05) is 11.6 Å². The van der Waals surface area contributed by atoms with Gasteiger partial charge in [-0.25, -0.2) is 9.78 Å². The van der Waals surface area contributed by atoms with Gasteiger partial charge in [0.05, 0.1) is 6.54 Å². The number of benzene rings is 1. The van der Waals surface area contributed by atoms with Crippen molar-refractivity contribution in [2.24, 2.45) is 0 Å². The number of carbonyl (C=O) groups is 1. The number of alkyl carbamates (subject to hydrolysis) is 1. The number of hydrogen-bond acceptors (Lipinski definition) is 7. The van der Waals surface area contributed by atoms with Crippen LogP contribution in [0.4, 0.5) is 23.8 Å². The van der Waals surface area contributed by atoms with Crippen LogP contribution in [-0.4, -0.2) is 52.7 Å². The lowest BCUT2D eigenvalue weighted by atomic mass is 10.1. The maximum absolute atomic E-state index is 12.5. The Labute approximate surface area is 214 Å². The second kappa shape index (κ2) is 11.3. The van der Waals surface area contributed by atoms with Gasteiger partial charge < -0.3 is 29.8 Å². The van der Waals surface area contributed by atoms with E-state index in [1.807, 2.05) is 0 Å². The summed E-state index contributed by atoms with van der Waals surface area (Å²) in [6, 6.07) is 4.08. The average Bonchev–Trinajstić information content (AvgIpc) is 3.12. The molecule has 0 radical (unpaired) electrons. The number of hydrogen-bond donors (Lipinski definition) is 3. The van der Waals surface area contributed by atoms with Crippen LogP contribution in [0.2, 0.25) is 10.4 Å². The van der Waals surface area contributed by atoms with E-state index in [-0.39, 0.29) is 40.9 Å². The number of H-pyrrole nitrogens is 1. The molecule has 0 saturated heterocycles. The van der Waals surface area contributed by atoms with Crippen molar-refractivity contribution in [1.29, 1.82) is 0 Å². The summed E-state index contributed by atoms with van der Waals surface area (Å²) >= 11 is 12.1. The molecule has 0 aliphatic rings. The number of nitrogens with zero attached hydrogens (tertiary/aromatic N) is 2. The molecule has 0 saturated carbocycles. The molecule has 1 amide bonds. The fraction of sp³-hybridized carbons (Fsp3) is 0.409. The molecule has 2 heterocycles. The van der Waals surface area contributed by atoms with Gasteiger partial charge in [-0.2, -0.15) is 4.98 Å². The molecule has 0 atom stereocenters. The average molecular weight is 550 g/mol. The minimum absolute atomic E-state index is 0.0148. The van der Waals surface area contributed by atoms with Crippen LogP contribution < -0.4 is 20.1 Å².